The maximum atomic E-state index is 13.5. The van der Waals surface area contributed by atoms with Gasteiger partial charge in [0.1, 0.15) is 17.7 Å². The van der Waals surface area contributed by atoms with E-state index < -0.39 is 29.2 Å². The summed E-state index contributed by atoms with van der Waals surface area (Å²) in [6.07, 6.45) is 0. The molecule has 0 amide bonds. The Morgan fingerprint density at radius 2 is 2.07 bits per heavy atom. The van der Waals surface area contributed by atoms with E-state index in [1.165, 1.54) is 13.0 Å². The number of esters is 1. The SMILES string of the molecule is COC(=O)[C@@H](N)c1c(F)ccc(C)c1F. The number of carbonyl (C=O) groups is 1. The van der Waals surface area contributed by atoms with Crippen LogP contribution in [0.25, 0.3) is 0 Å². The highest BCUT2D eigenvalue weighted by Gasteiger charge is 2.24. The van der Waals surface area contributed by atoms with Crippen molar-refractivity contribution >= 4 is 5.97 Å². The lowest BCUT2D eigenvalue weighted by Crippen LogP contribution is -2.25. The van der Waals surface area contributed by atoms with Gasteiger partial charge in [-0.05, 0) is 18.6 Å². The van der Waals surface area contributed by atoms with Gasteiger partial charge in [-0.1, -0.05) is 6.07 Å². The Kier molecular flexibility index (Phi) is 3.36. The van der Waals surface area contributed by atoms with Crippen molar-refractivity contribution in [2.45, 2.75) is 13.0 Å². The molecule has 82 valence electrons. The minimum absolute atomic E-state index is 0.228. The molecule has 0 radical (unpaired) electrons. The van der Waals surface area contributed by atoms with Gasteiger partial charge in [-0.3, -0.25) is 4.79 Å². The molecule has 5 heteroatoms. The fourth-order valence-corrected chi connectivity index (χ4v) is 1.21. The number of aryl methyl sites for hydroxylation is 1. The van der Waals surface area contributed by atoms with Gasteiger partial charge < -0.3 is 10.5 Å². The quantitative estimate of drug-likeness (QED) is 0.759. The second-order valence-corrected chi connectivity index (χ2v) is 3.09. The monoisotopic (exact) mass is 215 g/mol. The summed E-state index contributed by atoms with van der Waals surface area (Å²) in [5.41, 5.74) is 5.14. The lowest BCUT2D eigenvalue weighted by Gasteiger charge is -2.12. The summed E-state index contributed by atoms with van der Waals surface area (Å²) in [7, 11) is 1.10. The first-order valence-corrected chi connectivity index (χ1v) is 4.27. The minimum atomic E-state index is -1.44. The normalized spacial score (nSPS) is 12.3. The summed E-state index contributed by atoms with van der Waals surface area (Å²) in [4.78, 5) is 11.0. The molecule has 0 unspecified atom stereocenters. The van der Waals surface area contributed by atoms with Gasteiger partial charge in [-0.15, -0.1) is 0 Å². The molecule has 0 saturated carbocycles. The van der Waals surface area contributed by atoms with Crippen LogP contribution in [0.2, 0.25) is 0 Å². The van der Waals surface area contributed by atoms with Crippen molar-refractivity contribution in [2.75, 3.05) is 7.11 Å². The molecule has 0 aliphatic rings. The number of benzene rings is 1. The van der Waals surface area contributed by atoms with Gasteiger partial charge in [-0.25, -0.2) is 8.78 Å². The van der Waals surface area contributed by atoms with Gasteiger partial charge in [-0.2, -0.15) is 0 Å². The minimum Gasteiger partial charge on any atom is -0.468 e. The highest BCUT2D eigenvalue weighted by molar-refractivity contribution is 5.77. The lowest BCUT2D eigenvalue weighted by molar-refractivity contribution is -0.142. The number of methoxy groups -OCH3 is 1. The van der Waals surface area contributed by atoms with Crippen molar-refractivity contribution in [3.8, 4) is 0 Å². The number of halogens is 2. The van der Waals surface area contributed by atoms with Crippen LogP contribution in [0.15, 0.2) is 12.1 Å². The molecule has 0 aliphatic heterocycles. The molecule has 3 nitrogen and oxygen atoms in total. The second kappa shape index (κ2) is 4.35. The molecular formula is C10H11F2NO2. The van der Waals surface area contributed by atoms with Crippen LogP contribution in [-0.2, 0) is 9.53 Å². The van der Waals surface area contributed by atoms with Gasteiger partial charge in [0.25, 0.3) is 0 Å². The summed E-state index contributed by atoms with van der Waals surface area (Å²) in [6, 6.07) is 0.907. The van der Waals surface area contributed by atoms with Crippen LogP contribution < -0.4 is 5.73 Å². The standard InChI is InChI=1S/C10H11F2NO2/c1-5-3-4-6(11)7(8(5)12)9(13)10(14)15-2/h3-4,9H,13H2,1-2H3/t9-/m0/s1. The number of hydrogen-bond acceptors (Lipinski definition) is 3. The largest absolute Gasteiger partial charge is 0.468 e. The van der Waals surface area contributed by atoms with E-state index >= 15 is 0 Å². The average Bonchev–Trinajstić information content (AvgIpc) is 2.22. The third-order valence-electron chi connectivity index (χ3n) is 2.09. The van der Waals surface area contributed by atoms with E-state index in [1.807, 2.05) is 0 Å². The van der Waals surface area contributed by atoms with Crippen LogP contribution in [0.4, 0.5) is 8.78 Å². The zero-order chi connectivity index (χ0) is 11.6. The molecule has 0 heterocycles. The van der Waals surface area contributed by atoms with E-state index in [1.54, 1.807) is 0 Å². The van der Waals surface area contributed by atoms with E-state index in [-0.39, 0.29) is 5.56 Å². The van der Waals surface area contributed by atoms with Gasteiger partial charge >= 0.3 is 5.97 Å². The van der Waals surface area contributed by atoms with Crippen molar-refractivity contribution in [3.63, 3.8) is 0 Å². The maximum absolute atomic E-state index is 13.5. The van der Waals surface area contributed by atoms with E-state index in [0.29, 0.717) is 0 Å². The number of hydrogen-bond donors (Lipinski definition) is 1. The first kappa shape index (κ1) is 11.6. The molecule has 0 aromatic heterocycles. The van der Waals surface area contributed by atoms with Crippen molar-refractivity contribution in [2.24, 2.45) is 5.73 Å². The summed E-state index contributed by atoms with van der Waals surface area (Å²) in [6.45, 7) is 1.46. The third-order valence-corrected chi connectivity index (χ3v) is 2.09. The number of rotatable bonds is 2. The second-order valence-electron chi connectivity index (χ2n) is 3.09. The number of carbonyl (C=O) groups excluding carboxylic acids is 1. The topological polar surface area (TPSA) is 52.3 Å². The molecule has 0 spiro atoms. The predicted octanol–water partition coefficient (Wildman–Crippen LogP) is 1.45. The molecule has 0 bridgehead atoms. The van der Waals surface area contributed by atoms with E-state index in [9.17, 15) is 13.6 Å². The first-order valence-electron chi connectivity index (χ1n) is 4.27. The Balaban J connectivity index is 3.24. The molecule has 0 aliphatic carbocycles. The summed E-state index contributed by atoms with van der Waals surface area (Å²) in [5.74, 6) is -2.54. The Bertz CT molecular complexity index is 393. The smallest absolute Gasteiger partial charge is 0.327 e. The highest BCUT2D eigenvalue weighted by atomic mass is 19.1. The van der Waals surface area contributed by atoms with Crippen LogP contribution in [0, 0.1) is 18.6 Å². The van der Waals surface area contributed by atoms with Gasteiger partial charge in [0.05, 0.1) is 12.7 Å². The first-order chi connectivity index (χ1) is 6.99. The number of nitrogens with two attached hydrogens (primary N) is 1. The van der Waals surface area contributed by atoms with Crippen molar-refractivity contribution in [1.82, 2.24) is 0 Å². The van der Waals surface area contributed by atoms with Crippen LogP contribution >= 0.6 is 0 Å². The summed E-state index contributed by atoms with van der Waals surface area (Å²) < 4.78 is 31.1. The molecule has 1 rings (SSSR count). The zero-order valence-corrected chi connectivity index (χ0v) is 8.38. The predicted molar refractivity (Wildman–Crippen MR) is 50.0 cm³/mol. The Morgan fingerprint density at radius 1 is 1.47 bits per heavy atom. The lowest BCUT2D eigenvalue weighted by atomic mass is 10.0. The van der Waals surface area contributed by atoms with Crippen molar-refractivity contribution in [3.05, 3.63) is 34.9 Å². The molecule has 1 atom stereocenters. The number of ether oxygens (including phenoxy) is 1. The van der Waals surface area contributed by atoms with Crippen LogP contribution in [-0.4, -0.2) is 13.1 Å². The van der Waals surface area contributed by atoms with Crippen LogP contribution in [0.3, 0.4) is 0 Å². The van der Waals surface area contributed by atoms with Crippen molar-refractivity contribution < 1.29 is 18.3 Å². The van der Waals surface area contributed by atoms with E-state index in [4.69, 9.17) is 5.73 Å². The fraction of sp³-hybridized carbons (Fsp3) is 0.300. The molecule has 15 heavy (non-hydrogen) atoms. The third kappa shape index (κ3) is 2.12. The molecular weight excluding hydrogens is 204 g/mol. The Labute approximate surface area is 85.8 Å². The molecule has 0 saturated heterocycles. The molecule has 2 N–H and O–H groups in total. The Morgan fingerprint density at radius 3 is 2.60 bits per heavy atom. The highest BCUT2D eigenvalue weighted by Crippen LogP contribution is 2.22. The fourth-order valence-electron chi connectivity index (χ4n) is 1.21. The summed E-state index contributed by atoms with van der Waals surface area (Å²) >= 11 is 0. The molecule has 1 aromatic carbocycles. The summed E-state index contributed by atoms with van der Waals surface area (Å²) in [5, 5.41) is 0. The van der Waals surface area contributed by atoms with Crippen LogP contribution in [0.1, 0.15) is 17.2 Å². The molecule has 1 aromatic rings. The van der Waals surface area contributed by atoms with Gasteiger partial charge in [0.2, 0.25) is 0 Å². The van der Waals surface area contributed by atoms with Crippen LogP contribution in [0.5, 0.6) is 0 Å². The van der Waals surface area contributed by atoms with Gasteiger partial charge in [0, 0.05) is 0 Å². The van der Waals surface area contributed by atoms with E-state index in [0.717, 1.165) is 13.2 Å². The zero-order valence-electron chi connectivity index (χ0n) is 8.38. The average molecular weight is 215 g/mol. The maximum Gasteiger partial charge on any atom is 0.327 e. The molecule has 0 fully saturated rings. The van der Waals surface area contributed by atoms with E-state index in [2.05, 4.69) is 4.74 Å². The Hall–Kier alpha value is -1.49. The van der Waals surface area contributed by atoms with Gasteiger partial charge in [0.15, 0.2) is 0 Å². The van der Waals surface area contributed by atoms with Crippen molar-refractivity contribution in [1.29, 1.82) is 0 Å².